The Labute approximate surface area is 196 Å². The molecule has 166 valence electrons. The molecular weight excluding hydrogens is 495 g/mol. The summed E-state index contributed by atoms with van der Waals surface area (Å²) < 4.78 is 16.0. The first-order chi connectivity index (χ1) is 14.1. The van der Waals surface area contributed by atoms with Gasteiger partial charge in [0, 0.05) is 11.8 Å². The molecule has 0 saturated carbocycles. The van der Waals surface area contributed by atoms with Crippen LogP contribution in [0, 0.1) is 0 Å². The van der Waals surface area contributed by atoms with Crippen LogP contribution in [0.2, 0.25) is 0 Å². The van der Waals surface area contributed by atoms with Crippen molar-refractivity contribution in [2.75, 3.05) is 46.3 Å². The molecule has 0 heterocycles. The topological polar surface area (TPSA) is 81.3 Å². The summed E-state index contributed by atoms with van der Waals surface area (Å²) in [4.78, 5) is 6.94. The Morgan fingerprint density at radius 2 is 1.70 bits per heavy atom. The zero-order valence-electron chi connectivity index (χ0n) is 18.3. The maximum absolute atomic E-state index is 6.16. The van der Waals surface area contributed by atoms with Crippen molar-refractivity contribution in [1.82, 2.24) is 4.90 Å². The molecule has 0 aromatic heterocycles. The molecule has 0 aliphatic heterocycles. The number of rotatable bonds is 10. The number of guanidine groups is 1. The SMILES string of the molecule is CCN(CC)C(CN=C(N)Nc1ccc(OC)c(OC)c1)c1cccc(OC)c1.I. The first kappa shape index (κ1) is 25.8. The van der Waals surface area contributed by atoms with E-state index in [-0.39, 0.29) is 30.0 Å². The Kier molecular flexibility index (Phi) is 11.3. The molecule has 0 fully saturated rings. The Bertz CT molecular complexity index is 813. The van der Waals surface area contributed by atoms with Crippen LogP contribution in [-0.2, 0) is 0 Å². The monoisotopic (exact) mass is 528 g/mol. The zero-order valence-corrected chi connectivity index (χ0v) is 20.7. The minimum Gasteiger partial charge on any atom is -0.497 e. The minimum absolute atomic E-state index is 0. The molecule has 1 atom stereocenters. The summed E-state index contributed by atoms with van der Waals surface area (Å²) in [5.74, 6) is 2.47. The van der Waals surface area contributed by atoms with Gasteiger partial charge >= 0.3 is 0 Å². The van der Waals surface area contributed by atoms with Crippen LogP contribution in [0.4, 0.5) is 5.69 Å². The molecule has 2 aromatic carbocycles. The third-order valence-electron chi connectivity index (χ3n) is 4.82. The van der Waals surface area contributed by atoms with Crippen LogP contribution >= 0.6 is 24.0 Å². The molecule has 2 rings (SSSR count). The van der Waals surface area contributed by atoms with Gasteiger partial charge in [0.2, 0.25) is 0 Å². The van der Waals surface area contributed by atoms with Gasteiger partial charge in [-0.2, -0.15) is 0 Å². The lowest BCUT2D eigenvalue weighted by atomic mass is 10.0. The molecule has 30 heavy (non-hydrogen) atoms. The molecule has 0 amide bonds. The van der Waals surface area contributed by atoms with Gasteiger partial charge in [-0.3, -0.25) is 9.89 Å². The van der Waals surface area contributed by atoms with Crippen molar-refractivity contribution in [2.45, 2.75) is 19.9 Å². The number of ether oxygens (including phenoxy) is 3. The van der Waals surface area contributed by atoms with E-state index in [0.717, 1.165) is 30.1 Å². The van der Waals surface area contributed by atoms with E-state index >= 15 is 0 Å². The van der Waals surface area contributed by atoms with Crippen LogP contribution < -0.4 is 25.3 Å². The van der Waals surface area contributed by atoms with Crippen molar-refractivity contribution in [1.29, 1.82) is 0 Å². The predicted molar refractivity (Wildman–Crippen MR) is 134 cm³/mol. The molecular formula is C22H33IN4O3. The molecule has 7 nitrogen and oxygen atoms in total. The highest BCUT2D eigenvalue weighted by Gasteiger charge is 2.18. The van der Waals surface area contributed by atoms with E-state index in [0.29, 0.717) is 24.0 Å². The molecule has 0 saturated heterocycles. The number of nitrogens with one attached hydrogen (secondary N) is 1. The van der Waals surface area contributed by atoms with Crippen LogP contribution in [-0.4, -0.2) is 51.8 Å². The average Bonchev–Trinajstić information content (AvgIpc) is 2.76. The van der Waals surface area contributed by atoms with E-state index in [1.165, 1.54) is 0 Å². The minimum atomic E-state index is 0. The van der Waals surface area contributed by atoms with Crippen molar-refractivity contribution in [3.63, 3.8) is 0 Å². The van der Waals surface area contributed by atoms with E-state index in [4.69, 9.17) is 19.9 Å². The van der Waals surface area contributed by atoms with Crippen molar-refractivity contribution < 1.29 is 14.2 Å². The molecule has 0 aliphatic rings. The first-order valence-corrected chi connectivity index (χ1v) is 9.73. The summed E-state index contributed by atoms with van der Waals surface area (Å²) in [6.07, 6.45) is 0. The van der Waals surface area contributed by atoms with Crippen molar-refractivity contribution in [3.05, 3.63) is 48.0 Å². The highest BCUT2D eigenvalue weighted by Crippen LogP contribution is 2.29. The second kappa shape index (κ2) is 13.2. The molecule has 1 unspecified atom stereocenters. The van der Waals surface area contributed by atoms with Crippen LogP contribution in [0.5, 0.6) is 17.2 Å². The molecule has 0 aliphatic carbocycles. The number of halogens is 1. The number of hydrogen-bond donors (Lipinski definition) is 2. The number of hydrogen-bond acceptors (Lipinski definition) is 5. The highest BCUT2D eigenvalue weighted by molar-refractivity contribution is 14.0. The van der Waals surface area contributed by atoms with E-state index in [1.807, 2.05) is 30.3 Å². The van der Waals surface area contributed by atoms with Crippen molar-refractivity contribution >= 4 is 35.6 Å². The number of methoxy groups -OCH3 is 3. The molecule has 0 spiro atoms. The van der Waals surface area contributed by atoms with Gasteiger partial charge in [0.15, 0.2) is 17.5 Å². The number of benzene rings is 2. The Morgan fingerprint density at radius 3 is 2.30 bits per heavy atom. The van der Waals surface area contributed by atoms with Gasteiger partial charge in [-0.05, 0) is 42.9 Å². The van der Waals surface area contributed by atoms with E-state index in [1.54, 1.807) is 21.3 Å². The molecule has 3 N–H and O–H groups in total. The molecule has 8 heteroatoms. The lowest BCUT2D eigenvalue weighted by molar-refractivity contribution is 0.224. The number of likely N-dealkylation sites (N-methyl/N-ethyl adjacent to an activating group) is 1. The summed E-state index contributed by atoms with van der Waals surface area (Å²) in [7, 11) is 4.88. The quantitative estimate of drug-likeness (QED) is 0.274. The Morgan fingerprint density at radius 1 is 1.00 bits per heavy atom. The fourth-order valence-electron chi connectivity index (χ4n) is 3.23. The van der Waals surface area contributed by atoms with E-state index in [2.05, 4.69) is 41.2 Å². The van der Waals surface area contributed by atoms with Crippen LogP contribution in [0.15, 0.2) is 47.5 Å². The van der Waals surface area contributed by atoms with Gasteiger partial charge < -0.3 is 25.3 Å². The van der Waals surface area contributed by atoms with Gasteiger partial charge in [-0.15, -0.1) is 24.0 Å². The summed E-state index contributed by atoms with van der Waals surface area (Å²) in [6, 6.07) is 13.7. The van der Waals surface area contributed by atoms with Crippen molar-refractivity contribution in [3.8, 4) is 17.2 Å². The van der Waals surface area contributed by atoms with E-state index in [9.17, 15) is 0 Å². The van der Waals surface area contributed by atoms with Gasteiger partial charge in [0.25, 0.3) is 0 Å². The van der Waals surface area contributed by atoms with Gasteiger partial charge in [-0.25, -0.2) is 0 Å². The van der Waals surface area contributed by atoms with Gasteiger partial charge in [0.1, 0.15) is 5.75 Å². The average molecular weight is 528 g/mol. The maximum atomic E-state index is 6.16. The third kappa shape index (κ3) is 6.94. The number of nitrogens with zero attached hydrogens (tertiary/aromatic N) is 2. The number of nitrogens with two attached hydrogens (primary N) is 1. The fourth-order valence-corrected chi connectivity index (χ4v) is 3.23. The highest BCUT2D eigenvalue weighted by atomic mass is 127. The largest absolute Gasteiger partial charge is 0.497 e. The zero-order chi connectivity index (χ0) is 21.2. The lowest BCUT2D eigenvalue weighted by Gasteiger charge is -2.29. The summed E-state index contributed by atoms with van der Waals surface area (Å²) >= 11 is 0. The molecule has 0 radical (unpaired) electrons. The Balaban J connectivity index is 0.00000450. The summed E-state index contributed by atoms with van der Waals surface area (Å²) in [6.45, 7) is 6.64. The normalized spacial score (nSPS) is 12.1. The van der Waals surface area contributed by atoms with E-state index < -0.39 is 0 Å². The smallest absolute Gasteiger partial charge is 0.193 e. The third-order valence-corrected chi connectivity index (χ3v) is 4.82. The van der Waals surface area contributed by atoms with Crippen molar-refractivity contribution in [2.24, 2.45) is 10.7 Å². The first-order valence-electron chi connectivity index (χ1n) is 9.73. The summed E-state index contributed by atoms with van der Waals surface area (Å²) in [5, 5.41) is 3.12. The Hall–Kier alpha value is -2.20. The fraction of sp³-hybridized carbons (Fsp3) is 0.409. The second-order valence-corrected chi connectivity index (χ2v) is 6.43. The lowest BCUT2D eigenvalue weighted by Crippen LogP contribution is -2.32. The summed E-state index contributed by atoms with van der Waals surface area (Å²) in [5.41, 5.74) is 8.09. The number of anilines is 1. The van der Waals surface area contributed by atoms with Gasteiger partial charge in [0.05, 0.1) is 33.9 Å². The van der Waals surface area contributed by atoms with Gasteiger partial charge in [-0.1, -0.05) is 26.0 Å². The molecule has 2 aromatic rings. The number of aliphatic imine (C=N–C) groups is 1. The predicted octanol–water partition coefficient (Wildman–Crippen LogP) is 4.14. The second-order valence-electron chi connectivity index (χ2n) is 6.43. The van der Waals surface area contributed by atoms with Crippen LogP contribution in [0.3, 0.4) is 0 Å². The maximum Gasteiger partial charge on any atom is 0.193 e. The van der Waals surface area contributed by atoms with Crippen LogP contribution in [0.1, 0.15) is 25.5 Å². The standard InChI is InChI=1S/C22H32N4O3.HI/c1-6-26(7-2)19(16-9-8-10-18(13-16)27-3)15-24-22(23)25-17-11-12-20(28-4)21(14-17)29-5;/h8-14,19H,6-7,15H2,1-5H3,(H3,23,24,25);1H. The molecule has 0 bridgehead atoms. The van der Waals surface area contributed by atoms with Crippen LogP contribution in [0.25, 0.3) is 0 Å².